The van der Waals surface area contributed by atoms with Crippen LogP contribution in [-0.4, -0.2) is 27.0 Å². The molecule has 1 saturated carbocycles. The fourth-order valence-corrected chi connectivity index (χ4v) is 2.74. The summed E-state index contributed by atoms with van der Waals surface area (Å²) in [4.78, 5) is 11.5. The standard InChI is InChI=1S/C16H17FN2O3/c17-12-7-5-11(6-8-12)10-19-15(16(20)21)14(9-18-19)22-13-3-1-2-4-13/h5-9,13H,1-4,10H2,(H,20,21). The molecule has 1 fully saturated rings. The van der Waals surface area contributed by atoms with E-state index in [1.54, 1.807) is 12.1 Å². The van der Waals surface area contributed by atoms with Gasteiger partial charge in [0, 0.05) is 0 Å². The van der Waals surface area contributed by atoms with Crippen molar-refractivity contribution >= 4 is 5.97 Å². The molecule has 0 amide bonds. The number of halogens is 1. The molecule has 22 heavy (non-hydrogen) atoms. The van der Waals surface area contributed by atoms with Gasteiger partial charge in [0.05, 0.1) is 18.8 Å². The summed E-state index contributed by atoms with van der Waals surface area (Å²) >= 11 is 0. The van der Waals surface area contributed by atoms with E-state index in [1.165, 1.54) is 23.0 Å². The van der Waals surface area contributed by atoms with Gasteiger partial charge in [-0.1, -0.05) is 12.1 Å². The van der Waals surface area contributed by atoms with E-state index in [2.05, 4.69) is 5.10 Å². The molecule has 2 aromatic rings. The van der Waals surface area contributed by atoms with Gasteiger partial charge in [0.2, 0.25) is 0 Å². The first-order valence-corrected chi connectivity index (χ1v) is 7.33. The predicted molar refractivity (Wildman–Crippen MR) is 77.6 cm³/mol. The fourth-order valence-electron chi connectivity index (χ4n) is 2.74. The third kappa shape index (κ3) is 3.10. The Morgan fingerprint density at radius 2 is 2.00 bits per heavy atom. The summed E-state index contributed by atoms with van der Waals surface area (Å²) in [7, 11) is 0. The van der Waals surface area contributed by atoms with E-state index in [1.807, 2.05) is 0 Å². The maximum atomic E-state index is 12.9. The van der Waals surface area contributed by atoms with Crippen molar-refractivity contribution in [3.8, 4) is 5.75 Å². The summed E-state index contributed by atoms with van der Waals surface area (Å²) < 4.78 is 20.1. The number of benzene rings is 1. The third-order valence-corrected chi connectivity index (χ3v) is 3.85. The van der Waals surface area contributed by atoms with Crippen molar-refractivity contribution < 1.29 is 19.0 Å². The number of nitrogens with zero attached hydrogens (tertiary/aromatic N) is 2. The lowest BCUT2D eigenvalue weighted by molar-refractivity contribution is 0.0676. The van der Waals surface area contributed by atoms with Gasteiger partial charge in [0.1, 0.15) is 5.82 Å². The molecular weight excluding hydrogens is 287 g/mol. The average molecular weight is 304 g/mol. The number of carboxylic acid groups (broad SMARTS) is 1. The average Bonchev–Trinajstić information content (AvgIpc) is 3.12. The van der Waals surface area contributed by atoms with Crippen LogP contribution in [0.25, 0.3) is 0 Å². The molecule has 0 atom stereocenters. The molecule has 3 rings (SSSR count). The van der Waals surface area contributed by atoms with Crippen molar-refractivity contribution in [2.45, 2.75) is 38.3 Å². The van der Waals surface area contributed by atoms with Crippen LogP contribution < -0.4 is 4.74 Å². The van der Waals surface area contributed by atoms with Gasteiger partial charge in [-0.15, -0.1) is 0 Å². The number of ether oxygens (including phenoxy) is 1. The maximum Gasteiger partial charge on any atom is 0.358 e. The second-order valence-corrected chi connectivity index (χ2v) is 5.47. The molecule has 0 aliphatic heterocycles. The van der Waals surface area contributed by atoms with Gasteiger partial charge in [0.25, 0.3) is 0 Å². The largest absolute Gasteiger partial charge is 0.486 e. The number of hydrogen-bond donors (Lipinski definition) is 1. The van der Waals surface area contributed by atoms with E-state index in [4.69, 9.17) is 4.74 Å². The third-order valence-electron chi connectivity index (χ3n) is 3.85. The number of aromatic carboxylic acids is 1. The minimum Gasteiger partial charge on any atom is -0.486 e. The Balaban J connectivity index is 1.82. The van der Waals surface area contributed by atoms with Crippen LogP contribution in [0.4, 0.5) is 4.39 Å². The van der Waals surface area contributed by atoms with E-state index in [0.29, 0.717) is 5.75 Å². The molecule has 1 aliphatic carbocycles. The van der Waals surface area contributed by atoms with Crippen molar-refractivity contribution in [1.82, 2.24) is 9.78 Å². The van der Waals surface area contributed by atoms with Gasteiger partial charge in [-0.25, -0.2) is 9.18 Å². The molecule has 1 heterocycles. The SMILES string of the molecule is O=C(O)c1c(OC2CCCC2)cnn1Cc1ccc(F)cc1. The van der Waals surface area contributed by atoms with Crippen LogP contribution in [0.2, 0.25) is 0 Å². The summed E-state index contributed by atoms with van der Waals surface area (Å²) in [5, 5.41) is 13.5. The molecule has 1 aromatic carbocycles. The molecule has 1 N–H and O–H groups in total. The van der Waals surface area contributed by atoms with Crippen molar-refractivity contribution in [1.29, 1.82) is 0 Å². The first-order valence-electron chi connectivity index (χ1n) is 7.33. The van der Waals surface area contributed by atoms with Crippen molar-refractivity contribution in [2.24, 2.45) is 0 Å². The first kappa shape index (κ1) is 14.6. The number of hydrogen-bond acceptors (Lipinski definition) is 3. The smallest absolute Gasteiger partial charge is 0.358 e. The Kier molecular flexibility index (Phi) is 4.09. The molecule has 0 saturated heterocycles. The summed E-state index contributed by atoms with van der Waals surface area (Å²) in [5.74, 6) is -1.10. The molecule has 5 nitrogen and oxygen atoms in total. The zero-order valence-corrected chi connectivity index (χ0v) is 12.0. The highest BCUT2D eigenvalue weighted by Gasteiger charge is 2.24. The molecule has 1 aliphatic rings. The molecule has 0 radical (unpaired) electrons. The lowest BCUT2D eigenvalue weighted by atomic mass is 10.2. The topological polar surface area (TPSA) is 64.3 Å². The monoisotopic (exact) mass is 304 g/mol. The Morgan fingerprint density at radius 3 is 2.64 bits per heavy atom. The molecule has 0 spiro atoms. The Labute approximate surface area is 127 Å². The minimum absolute atomic E-state index is 0.0382. The summed E-state index contributed by atoms with van der Waals surface area (Å²) in [6, 6.07) is 5.91. The van der Waals surface area contributed by atoms with Gasteiger partial charge in [-0.2, -0.15) is 5.10 Å². The maximum absolute atomic E-state index is 12.9. The fraction of sp³-hybridized carbons (Fsp3) is 0.375. The van der Waals surface area contributed by atoms with E-state index >= 15 is 0 Å². The van der Waals surface area contributed by atoms with Crippen LogP contribution in [0, 0.1) is 5.82 Å². The number of carbonyl (C=O) groups is 1. The van der Waals surface area contributed by atoms with E-state index in [9.17, 15) is 14.3 Å². The normalized spacial score (nSPS) is 15.1. The highest BCUT2D eigenvalue weighted by atomic mass is 19.1. The second kappa shape index (κ2) is 6.17. The first-order chi connectivity index (χ1) is 10.6. The lowest BCUT2D eigenvalue weighted by Gasteiger charge is -2.12. The van der Waals surface area contributed by atoms with Gasteiger partial charge in [0.15, 0.2) is 11.4 Å². The van der Waals surface area contributed by atoms with Crippen molar-refractivity contribution in [3.63, 3.8) is 0 Å². The van der Waals surface area contributed by atoms with Crippen LogP contribution in [0.5, 0.6) is 5.75 Å². The summed E-state index contributed by atoms with van der Waals surface area (Å²) in [5.41, 5.74) is 0.815. The van der Waals surface area contributed by atoms with Crippen molar-refractivity contribution in [2.75, 3.05) is 0 Å². The lowest BCUT2D eigenvalue weighted by Crippen LogP contribution is -2.16. The van der Waals surface area contributed by atoms with Gasteiger partial charge in [-0.3, -0.25) is 4.68 Å². The van der Waals surface area contributed by atoms with Crippen LogP contribution >= 0.6 is 0 Å². The number of carboxylic acids is 1. The zero-order valence-electron chi connectivity index (χ0n) is 12.0. The Hall–Kier alpha value is -2.37. The second-order valence-electron chi connectivity index (χ2n) is 5.47. The van der Waals surface area contributed by atoms with Crippen LogP contribution in [-0.2, 0) is 6.54 Å². The minimum atomic E-state index is -1.08. The molecule has 1 aromatic heterocycles. The van der Waals surface area contributed by atoms with E-state index in [0.717, 1.165) is 31.2 Å². The van der Waals surface area contributed by atoms with Crippen molar-refractivity contribution in [3.05, 3.63) is 47.5 Å². The number of rotatable bonds is 5. The van der Waals surface area contributed by atoms with Gasteiger partial charge in [-0.05, 0) is 43.4 Å². The van der Waals surface area contributed by atoms with Crippen LogP contribution in [0.15, 0.2) is 30.5 Å². The highest BCUT2D eigenvalue weighted by Crippen LogP contribution is 2.27. The zero-order chi connectivity index (χ0) is 15.5. The highest BCUT2D eigenvalue weighted by molar-refractivity contribution is 5.88. The molecule has 0 unspecified atom stereocenters. The van der Waals surface area contributed by atoms with Gasteiger partial charge >= 0.3 is 5.97 Å². The quantitative estimate of drug-likeness (QED) is 0.922. The molecule has 116 valence electrons. The van der Waals surface area contributed by atoms with E-state index < -0.39 is 5.97 Å². The van der Waals surface area contributed by atoms with Crippen LogP contribution in [0.3, 0.4) is 0 Å². The predicted octanol–water partition coefficient (Wildman–Crippen LogP) is 3.09. The van der Waals surface area contributed by atoms with Gasteiger partial charge < -0.3 is 9.84 Å². The van der Waals surface area contributed by atoms with E-state index in [-0.39, 0.29) is 24.2 Å². The Morgan fingerprint density at radius 1 is 1.32 bits per heavy atom. The summed E-state index contributed by atoms with van der Waals surface area (Å²) in [6.45, 7) is 0.260. The molecular formula is C16H17FN2O3. The van der Waals surface area contributed by atoms with Crippen LogP contribution in [0.1, 0.15) is 41.7 Å². The summed E-state index contributed by atoms with van der Waals surface area (Å²) in [6.07, 6.45) is 5.63. The molecule has 6 heteroatoms. The number of aromatic nitrogens is 2. The molecule has 0 bridgehead atoms. The Bertz CT molecular complexity index is 661.